The summed E-state index contributed by atoms with van der Waals surface area (Å²) in [6, 6.07) is 2.18. The lowest BCUT2D eigenvalue weighted by Gasteiger charge is -2.36. The molecule has 2 aliphatic heterocycles. The molecule has 22 heavy (non-hydrogen) atoms. The first kappa shape index (κ1) is 15.8. The van der Waals surface area contributed by atoms with Crippen molar-refractivity contribution in [3.05, 3.63) is 29.8 Å². The molecule has 1 atom stereocenters. The molecule has 0 aliphatic carbocycles. The minimum atomic E-state index is -3.92. The highest BCUT2D eigenvalue weighted by Crippen LogP contribution is 2.30. The Bertz CT molecular complexity index is 646. The number of halogens is 2. The zero-order valence-electron chi connectivity index (χ0n) is 11.9. The monoisotopic (exact) mass is 333 g/mol. The van der Waals surface area contributed by atoms with Crippen LogP contribution in [0, 0.1) is 11.6 Å². The second-order valence-corrected chi connectivity index (χ2v) is 7.26. The molecule has 0 saturated carbocycles. The molecule has 122 valence electrons. The molecular weight excluding hydrogens is 316 g/mol. The van der Waals surface area contributed by atoms with E-state index in [4.69, 9.17) is 9.47 Å². The van der Waals surface area contributed by atoms with Gasteiger partial charge in [0.1, 0.15) is 0 Å². The molecule has 0 amide bonds. The van der Waals surface area contributed by atoms with Crippen LogP contribution < -0.4 is 0 Å². The Hall–Kier alpha value is -1.09. The van der Waals surface area contributed by atoms with Crippen molar-refractivity contribution in [3.63, 3.8) is 0 Å². The normalized spacial score (nSPS) is 24.7. The number of ether oxygens (including phenoxy) is 2. The third kappa shape index (κ3) is 2.88. The average molecular weight is 333 g/mol. The van der Waals surface area contributed by atoms with E-state index in [1.54, 1.807) is 0 Å². The van der Waals surface area contributed by atoms with Crippen molar-refractivity contribution < 1.29 is 26.7 Å². The Morgan fingerprint density at radius 2 is 1.82 bits per heavy atom. The lowest BCUT2D eigenvalue weighted by atomic mass is 10.0. The van der Waals surface area contributed by atoms with E-state index < -0.39 is 34.0 Å². The van der Waals surface area contributed by atoms with Gasteiger partial charge in [0.25, 0.3) is 0 Å². The fourth-order valence-electron chi connectivity index (χ4n) is 2.87. The topological polar surface area (TPSA) is 55.8 Å². The van der Waals surface area contributed by atoms with Crippen LogP contribution in [0.2, 0.25) is 0 Å². The third-order valence-corrected chi connectivity index (χ3v) is 5.88. The van der Waals surface area contributed by atoms with Gasteiger partial charge < -0.3 is 9.47 Å². The van der Waals surface area contributed by atoms with Crippen LogP contribution in [0.15, 0.2) is 23.1 Å². The Labute approximate surface area is 127 Å². The standard InChI is InChI=1S/C14H17F2NO4S/c15-11-5-4-10(9-12(11)16)22(18,19)17-6-2-1-3-13(17)14-20-7-8-21-14/h4-5,9,13-14H,1-3,6-8H2/t13-/m0/s1. The highest BCUT2D eigenvalue weighted by Gasteiger charge is 2.40. The maximum atomic E-state index is 13.4. The van der Waals surface area contributed by atoms with Gasteiger partial charge in [-0.1, -0.05) is 6.42 Å². The van der Waals surface area contributed by atoms with Gasteiger partial charge in [-0.15, -0.1) is 0 Å². The SMILES string of the molecule is O=S(=O)(c1ccc(F)c(F)c1)N1CCCC[C@H]1C1OCCO1. The summed E-state index contributed by atoms with van der Waals surface area (Å²) in [6.07, 6.45) is 1.61. The van der Waals surface area contributed by atoms with Crippen LogP contribution in [0.5, 0.6) is 0 Å². The average Bonchev–Trinajstić information content (AvgIpc) is 3.04. The summed E-state index contributed by atoms with van der Waals surface area (Å²) in [6.45, 7) is 1.18. The summed E-state index contributed by atoms with van der Waals surface area (Å²) in [5, 5.41) is 0. The maximum Gasteiger partial charge on any atom is 0.243 e. The zero-order valence-corrected chi connectivity index (χ0v) is 12.7. The molecule has 8 heteroatoms. The number of hydrogen-bond acceptors (Lipinski definition) is 4. The Balaban J connectivity index is 1.92. The van der Waals surface area contributed by atoms with E-state index in [1.165, 1.54) is 4.31 Å². The highest BCUT2D eigenvalue weighted by atomic mass is 32.2. The molecule has 0 unspecified atom stereocenters. The Morgan fingerprint density at radius 1 is 1.09 bits per heavy atom. The molecule has 3 rings (SSSR count). The number of piperidine rings is 1. The van der Waals surface area contributed by atoms with E-state index >= 15 is 0 Å². The van der Waals surface area contributed by atoms with Gasteiger partial charge in [-0.05, 0) is 31.0 Å². The first-order valence-electron chi connectivity index (χ1n) is 7.20. The quantitative estimate of drug-likeness (QED) is 0.847. The number of sulfonamides is 1. The summed E-state index contributed by atoms with van der Waals surface area (Å²) in [7, 11) is -3.92. The largest absolute Gasteiger partial charge is 0.349 e. The van der Waals surface area contributed by atoms with Crippen molar-refractivity contribution in [1.82, 2.24) is 4.31 Å². The molecule has 1 aromatic carbocycles. The van der Waals surface area contributed by atoms with Crippen LogP contribution in [0.4, 0.5) is 8.78 Å². The zero-order chi connectivity index (χ0) is 15.7. The van der Waals surface area contributed by atoms with Gasteiger partial charge >= 0.3 is 0 Å². The van der Waals surface area contributed by atoms with Crippen LogP contribution >= 0.6 is 0 Å². The molecule has 0 radical (unpaired) electrons. The Kier molecular flexibility index (Phi) is 4.44. The molecule has 2 aliphatic rings. The second-order valence-electron chi connectivity index (χ2n) is 5.36. The molecule has 2 heterocycles. The van der Waals surface area contributed by atoms with Gasteiger partial charge in [0, 0.05) is 6.54 Å². The second kappa shape index (κ2) is 6.19. The minimum absolute atomic E-state index is 0.253. The van der Waals surface area contributed by atoms with Gasteiger partial charge in [0.15, 0.2) is 17.9 Å². The first-order chi connectivity index (χ1) is 10.5. The maximum absolute atomic E-state index is 13.4. The molecule has 0 aromatic heterocycles. The summed E-state index contributed by atoms with van der Waals surface area (Å²) >= 11 is 0. The number of hydrogen-bond donors (Lipinski definition) is 0. The van der Waals surface area contributed by atoms with Crippen molar-refractivity contribution in [2.24, 2.45) is 0 Å². The van der Waals surface area contributed by atoms with Crippen LogP contribution in [0.25, 0.3) is 0 Å². The van der Waals surface area contributed by atoms with Crippen LogP contribution in [0.1, 0.15) is 19.3 Å². The van der Waals surface area contributed by atoms with Crippen LogP contribution in [-0.2, 0) is 19.5 Å². The molecule has 2 saturated heterocycles. The van der Waals surface area contributed by atoms with Gasteiger partial charge in [0.05, 0.1) is 24.2 Å². The van der Waals surface area contributed by atoms with Crippen molar-refractivity contribution in [1.29, 1.82) is 0 Å². The molecule has 0 bridgehead atoms. The van der Waals surface area contributed by atoms with Gasteiger partial charge in [-0.25, -0.2) is 17.2 Å². The fourth-order valence-corrected chi connectivity index (χ4v) is 4.57. The lowest BCUT2D eigenvalue weighted by molar-refractivity contribution is -0.0913. The lowest BCUT2D eigenvalue weighted by Crippen LogP contribution is -2.50. The molecule has 2 fully saturated rings. The van der Waals surface area contributed by atoms with Gasteiger partial charge in [0.2, 0.25) is 10.0 Å². The predicted octanol–water partition coefficient (Wildman–Crippen LogP) is 1.88. The Morgan fingerprint density at radius 3 is 2.50 bits per heavy atom. The smallest absolute Gasteiger partial charge is 0.243 e. The van der Waals surface area contributed by atoms with Crippen molar-refractivity contribution >= 4 is 10.0 Å². The van der Waals surface area contributed by atoms with Crippen molar-refractivity contribution in [2.45, 2.75) is 36.5 Å². The molecule has 0 spiro atoms. The first-order valence-corrected chi connectivity index (χ1v) is 8.64. The fraction of sp³-hybridized carbons (Fsp3) is 0.571. The summed E-state index contributed by atoms with van der Waals surface area (Å²) in [5.41, 5.74) is 0. The summed E-state index contributed by atoms with van der Waals surface area (Å²) in [4.78, 5) is -0.253. The van der Waals surface area contributed by atoms with Crippen molar-refractivity contribution in [3.8, 4) is 0 Å². The summed E-state index contributed by atoms with van der Waals surface area (Å²) in [5.74, 6) is -2.25. The number of benzene rings is 1. The molecule has 1 aromatic rings. The summed E-state index contributed by atoms with van der Waals surface area (Å²) < 4.78 is 64.0. The molecular formula is C14H17F2NO4S. The van der Waals surface area contributed by atoms with E-state index in [0.717, 1.165) is 18.6 Å². The predicted molar refractivity (Wildman–Crippen MR) is 73.6 cm³/mol. The molecule has 0 N–H and O–H groups in total. The number of nitrogens with zero attached hydrogens (tertiary/aromatic N) is 1. The van der Waals surface area contributed by atoms with Gasteiger partial charge in [-0.3, -0.25) is 0 Å². The number of rotatable bonds is 3. The van der Waals surface area contributed by atoms with E-state index in [9.17, 15) is 17.2 Å². The van der Waals surface area contributed by atoms with E-state index in [0.29, 0.717) is 38.7 Å². The third-order valence-electron chi connectivity index (χ3n) is 3.96. The highest BCUT2D eigenvalue weighted by molar-refractivity contribution is 7.89. The van der Waals surface area contributed by atoms with Gasteiger partial charge in [-0.2, -0.15) is 4.31 Å². The van der Waals surface area contributed by atoms with Crippen LogP contribution in [0.3, 0.4) is 0 Å². The van der Waals surface area contributed by atoms with Crippen molar-refractivity contribution in [2.75, 3.05) is 19.8 Å². The van der Waals surface area contributed by atoms with Crippen LogP contribution in [-0.4, -0.2) is 44.8 Å². The molecule has 5 nitrogen and oxygen atoms in total. The minimum Gasteiger partial charge on any atom is -0.349 e. The van der Waals surface area contributed by atoms with E-state index in [-0.39, 0.29) is 4.90 Å². The van der Waals surface area contributed by atoms with E-state index in [1.807, 2.05) is 0 Å². The van der Waals surface area contributed by atoms with E-state index in [2.05, 4.69) is 0 Å².